The van der Waals surface area contributed by atoms with Gasteiger partial charge in [0.05, 0.1) is 22.2 Å². The zero-order valence-corrected chi connectivity index (χ0v) is 15.8. The molecule has 6 aromatic rings. The van der Waals surface area contributed by atoms with Crippen molar-refractivity contribution in [2.24, 2.45) is 0 Å². The van der Waals surface area contributed by atoms with E-state index >= 15 is 0 Å². The fourth-order valence-electron chi connectivity index (χ4n) is 4.50. The minimum atomic E-state index is 0.376. The topological polar surface area (TPSA) is 60.5 Å². The van der Waals surface area contributed by atoms with E-state index in [-0.39, 0.29) is 0 Å². The van der Waals surface area contributed by atoms with E-state index in [1.54, 1.807) is 0 Å². The number of pyridine rings is 1. The largest absolute Gasteiger partial charge is 0.247 e. The summed E-state index contributed by atoms with van der Waals surface area (Å²) in [7, 11) is 0. The molecule has 0 bridgehead atoms. The van der Waals surface area contributed by atoms with E-state index in [0.29, 0.717) is 11.1 Å². The summed E-state index contributed by atoms with van der Waals surface area (Å²) < 4.78 is 0. The molecule has 0 amide bonds. The fourth-order valence-corrected chi connectivity index (χ4v) is 4.50. The van der Waals surface area contributed by atoms with Crippen molar-refractivity contribution in [3.8, 4) is 12.1 Å². The summed E-state index contributed by atoms with van der Waals surface area (Å²) in [5.41, 5.74) is 2.53. The normalized spacial score (nSPS) is 11.3. The third-order valence-electron chi connectivity index (χ3n) is 5.87. The van der Waals surface area contributed by atoms with Gasteiger partial charge in [0.2, 0.25) is 0 Å². The van der Waals surface area contributed by atoms with Gasteiger partial charge in [0.1, 0.15) is 12.1 Å². The van der Waals surface area contributed by atoms with Crippen molar-refractivity contribution in [2.75, 3.05) is 0 Å². The molecule has 1 heterocycles. The number of hydrogen-bond donors (Lipinski definition) is 0. The zero-order chi connectivity index (χ0) is 20.2. The number of fused-ring (bicyclic) bond motifs is 9. The lowest BCUT2D eigenvalue weighted by Gasteiger charge is -2.14. The highest BCUT2D eigenvalue weighted by Crippen LogP contribution is 2.40. The highest BCUT2D eigenvalue weighted by Gasteiger charge is 2.16. The van der Waals surface area contributed by atoms with Crippen LogP contribution in [0.1, 0.15) is 11.1 Å². The van der Waals surface area contributed by atoms with Gasteiger partial charge in [-0.25, -0.2) is 4.98 Å². The molecule has 0 N–H and O–H groups in total. The van der Waals surface area contributed by atoms with E-state index in [9.17, 15) is 10.5 Å². The molecule has 0 saturated carbocycles. The van der Waals surface area contributed by atoms with Crippen LogP contribution < -0.4 is 0 Å². The summed E-state index contributed by atoms with van der Waals surface area (Å²) in [6.07, 6.45) is 0. The second-order valence-corrected chi connectivity index (χ2v) is 7.45. The molecule has 0 aliphatic heterocycles. The predicted octanol–water partition coefficient (Wildman–Crippen LogP) is 6.59. The summed E-state index contributed by atoms with van der Waals surface area (Å²) in [4.78, 5) is 4.97. The van der Waals surface area contributed by atoms with Gasteiger partial charge in [0.15, 0.2) is 0 Å². The fraction of sp³-hybridized carbons (Fsp3) is 0. The maximum atomic E-state index is 9.63. The first kappa shape index (κ1) is 16.5. The number of hydrogen-bond acceptors (Lipinski definition) is 3. The molecule has 6 rings (SSSR count). The lowest BCUT2D eigenvalue weighted by molar-refractivity contribution is 1.44. The Kier molecular flexibility index (Phi) is 3.30. The molecule has 0 spiro atoms. The Morgan fingerprint density at radius 2 is 1.23 bits per heavy atom. The van der Waals surface area contributed by atoms with Crippen LogP contribution in [0.3, 0.4) is 0 Å². The van der Waals surface area contributed by atoms with Crippen LogP contribution in [0, 0.1) is 22.7 Å². The van der Waals surface area contributed by atoms with Crippen molar-refractivity contribution in [2.45, 2.75) is 0 Å². The van der Waals surface area contributed by atoms with E-state index in [1.165, 1.54) is 0 Å². The lowest BCUT2D eigenvalue weighted by atomic mass is 9.90. The quantitative estimate of drug-likeness (QED) is 0.221. The SMILES string of the molecule is N#Cc1cc2c(cc1C#N)c1c3ccccc3ccc1c1cc3ccccc3nc12. The van der Waals surface area contributed by atoms with Crippen molar-refractivity contribution in [3.63, 3.8) is 0 Å². The molecule has 136 valence electrons. The maximum absolute atomic E-state index is 9.63. The van der Waals surface area contributed by atoms with Crippen LogP contribution in [0.4, 0.5) is 0 Å². The first-order chi connectivity index (χ1) is 14.8. The van der Waals surface area contributed by atoms with E-state index in [2.05, 4.69) is 48.5 Å². The van der Waals surface area contributed by atoms with Gasteiger partial charge in [-0.1, -0.05) is 54.6 Å². The number of nitriles is 2. The average Bonchev–Trinajstić information content (AvgIpc) is 2.81. The summed E-state index contributed by atoms with van der Waals surface area (Å²) in [6.45, 7) is 0. The smallest absolute Gasteiger partial charge is 0.101 e. The minimum Gasteiger partial charge on any atom is -0.247 e. The summed E-state index contributed by atoms with van der Waals surface area (Å²) >= 11 is 0. The molecule has 0 aliphatic carbocycles. The van der Waals surface area contributed by atoms with Gasteiger partial charge in [-0.15, -0.1) is 0 Å². The summed E-state index contributed by atoms with van der Waals surface area (Å²) in [6, 6.07) is 30.8. The molecule has 0 unspecified atom stereocenters. The van der Waals surface area contributed by atoms with E-state index in [4.69, 9.17) is 4.98 Å². The maximum Gasteiger partial charge on any atom is 0.101 e. The van der Waals surface area contributed by atoms with Gasteiger partial charge in [0.25, 0.3) is 0 Å². The molecule has 1 aromatic heterocycles. The Morgan fingerprint density at radius 3 is 2.03 bits per heavy atom. The van der Waals surface area contributed by atoms with Gasteiger partial charge in [-0.2, -0.15) is 10.5 Å². The zero-order valence-electron chi connectivity index (χ0n) is 15.8. The molecule has 30 heavy (non-hydrogen) atoms. The van der Waals surface area contributed by atoms with Crippen LogP contribution in [0.25, 0.3) is 54.1 Å². The Labute approximate surface area is 172 Å². The Morgan fingerprint density at radius 1 is 0.567 bits per heavy atom. The molecule has 0 atom stereocenters. The molecule has 3 nitrogen and oxygen atoms in total. The lowest BCUT2D eigenvalue weighted by Crippen LogP contribution is -1.92. The molecule has 0 aliphatic rings. The molecular formula is C27H13N3. The van der Waals surface area contributed by atoms with Crippen LogP contribution in [-0.2, 0) is 0 Å². The van der Waals surface area contributed by atoms with Crippen LogP contribution >= 0.6 is 0 Å². The van der Waals surface area contributed by atoms with Gasteiger partial charge in [0, 0.05) is 16.2 Å². The van der Waals surface area contributed by atoms with Crippen molar-refractivity contribution in [3.05, 3.63) is 90.0 Å². The number of rotatable bonds is 0. The minimum absolute atomic E-state index is 0.376. The second-order valence-electron chi connectivity index (χ2n) is 7.45. The van der Waals surface area contributed by atoms with Crippen molar-refractivity contribution < 1.29 is 0 Å². The van der Waals surface area contributed by atoms with E-state index < -0.39 is 0 Å². The van der Waals surface area contributed by atoms with E-state index in [0.717, 1.165) is 54.1 Å². The summed E-state index contributed by atoms with van der Waals surface area (Å²) in [5, 5.41) is 27.7. The van der Waals surface area contributed by atoms with Crippen molar-refractivity contribution in [1.82, 2.24) is 4.98 Å². The van der Waals surface area contributed by atoms with Gasteiger partial charge >= 0.3 is 0 Å². The van der Waals surface area contributed by atoms with Crippen LogP contribution in [0.15, 0.2) is 78.9 Å². The first-order valence-electron chi connectivity index (χ1n) is 9.69. The Bertz CT molecular complexity index is 1760. The Balaban J connectivity index is 2.00. The van der Waals surface area contributed by atoms with Crippen LogP contribution in [-0.4, -0.2) is 4.98 Å². The molecule has 0 fully saturated rings. The third-order valence-corrected chi connectivity index (χ3v) is 5.87. The molecule has 0 saturated heterocycles. The number of nitrogens with zero attached hydrogens (tertiary/aromatic N) is 3. The molecule has 5 aromatic carbocycles. The standard InChI is InChI=1S/C27H13N3/c28-14-18-12-22-24(13-19(18)15-29)27-23(11-17-6-2-4-8-25(17)30-27)21-10-9-16-5-1-3-7-20(16)26(21)22/h1-13H. The summed E-state index contributed by atoms with van der Waals surface area (Å²) in [5.74, 6) is 0. The number of aromatic nitrogens is 1. The second kappa shape index (κ2) is 6.01. The van der Waals surface area contributed by atoms with Crippen LogP contribution in [0.2, 0.25) is 0 Å². The van der Waals surface area contributed by atoms with Gasteiger partial charge in [-0.05, 0) is 51.2 Å². The molecular weight excluding hydrogens is 366 g/mol. The third kappa shape index (κ3) is 2.15. The molecule has 0 radical (unpaired) electrons. The number of para-hydroxylation sites is 1. The van der Waals surface area contributed by atoms with Crippen molar-refractivity contribution >= 4 is 54.1 Å². The van der Waals surface area contributed by atoms with Gasteiger partial charge < -0.3 is 0 Å². The highest BCUT2D eigenvalue weighted by molar-refractivity contribution is 6.31. The van der Waals surface area contributed by atoms with Crippen LogP contribution in [0.5, 0.6) is 0 Å². The average molecular weight is 379 g/mol. The predicted molar refractivity (Wildman–Crippen MR) is 121 cm³/mol. The Hall–Kier alpha value is -4.47. The van der Waals surface area contributed by atoms with Gasteiger partial charge in [-0.3, -0.25) is 0 Å². The van der Waals surface area contributed by atoms with E-state index in [1.807, 2.05) is 42.5 Å². The highest BCUT2D eigenvalue weighted by atomic mass is 14.7. The first-order valence-corrected chi connectivity index (χ1v) is 9.69. The van der Waals surface area contributed by atoms with Crippen molar-refractivity contribution in [1.29, 1.82) is 10.5 Å². The molecule has 3 heteroatoms. The monoisotopic (exact) mass is 379 g/mol. The number of benzene rings is 5.